The lowest BCUT2D eigenvalue weighted by molar-refractivity contribution is -0.141. The van der Waals surface area contributed by atoms with Gasteiger partial charge in [-0.25, -0.2) is 8.42 Å². The molecule has 1 atom stereocenters. The van der Waals surface area contributed by atoms with E-state index in [1.54, 1.807) is 49.4 Å². The summed E-state index contributed by atoms with van der Waals surface area (Å²) in [6.45, 7) is 7.61. The summed E-state index contributed by atoms with van der Waals surface area (Å²) in [5, 5.41) is 3.46. The molecule has 0 spiro atoms. The molecule has 198 valence electrons. The topological polar surface area (TPSA) is 96.0 Å². The maximum atomic E-state index is 13.3. The van der Waals surface area contributed by atoms with Gasteiger partial charge in [0.2, 0.25) is 21.8 Å². The third-order valence-corrected chi connectivity index (χ3v) is 6.83. The highest BCUT2D eigenvalue weighted by Gasteiger charge is 2.28. The van der Waals surface area contributed by atoms with Crippen molar-refractivity contribution in [2.75, 3.05) is 24.2 Å². The predicted molar refractivity (Wildman–Crippen MR) is 144 cm³/mol. The molecule has 0 aliphatic heterocycles. The Bertz CT molecular complexity index is 1160. The normalized spacial score (nSPS) is 12.5. The van der Waals surface area contributed by atoms with E-state index < -0.39 is 21.6 Å². The zero-order chi connectivity index (χ0) is 27.1. The lowest BCUT2D eigenvalue weighted by Gasteiger charge is -2.32. The van der Waals surface area contributed by atoms with E-state index in [1.807, 2.05) is 26.8 Å². The second kappa shape index (κ2) is 12.5. The van der Waals surface area contributed by atoms with Crippen molar-refractivity contribution < 1.29 is 22.7 Å². The van der Waals surface area contributed by atoms with Crippen LogP contribution in [0, 0.1) is 0 Å². The Morgan fingerprint density at radius 2 is 1.78 bits per heavy atom. The van der Waals surface area contributed by atoms with Crippen molar-refractivity contribution >= 4 is 39.1 Å². The maximum absolute atomic E-state index is 13.3. The molecule has 0 saturated carbocycles. The van der Waals surface area contributed by atoms with Gasteiger partial charge in [-0.3, -0.25) is 13.9 Å². The number of carbonyl (C=O) groups is 2. The number of hydrogen-bond donors (Lipinski definition) is 1. The fourth-order valence-electron chi connectivity index (χ4n) is 3.66. The predicted octanol–water partition coefficient (Wildman–Crippen LogP) is 4.23. The number of carbonyl (C=O) groups excluding carboxylic acids is 2. The Labute approximate surface area is 219 Å². The van der Waals surface area contributed by atoms with Crippen LogP contribution in [0.3, 0.4) is 0 Å². The molecule has 0 radical (unpaired) electrons. The van der Waals surface area contributed by atoms with Gasteiger partial charge in [0.05, 0.1) is 19.1 Å². The number of halogens is 1. The molecule has 1 N–H and O–H groups in total. The zero-order valence-electron chi connectivity index (χ0n) is 21.7. The number of hydrogen-bond acceptors (Lipinski definition) is 5. The standard InChI is InChI=1S/C26H36ClN3O5S/c1-19(25(32)28-26(2,3)4)29(18-20-10-7-11-21(27)16-20)24(31)14-9-15-30(36(6,33)34)22-12-8-13-23(17-22)35-5/h7-8,10-13,16-17,19H,9,14-15,18H2,1-6H3,(H,28,32)/t19-/m1/s1. The molecule has 2 aromatic carbocycles. The average molecular weight is 538 g/mol. The van der Waals surface area contributed by atoms with Crippen molar-refractivity contribution in [3.8, 4) is 5.75 Å². The molecule has 0 bridgehead atoms. The first-order valence-electron chi connectivity index (χ1n) is 11.7. The highest BCUT2D eigenvalue weighted by atomic mass is 35.5. The second-order valence-corrected chi connectivity index (χ2v) is 12.1. The number of rotatable bonds is 11. The minimum atomic E-state index is -3.59. The van der Waals surface area contributed by atoms with Gasteiger partial charge in [0.25, 0.3) is 0 Å². The van der Waals surface area contributed by atoms with Gasteiger partial charge in [-0.15, -0.1) is 0 Å². The number of sulfonamides is 1. The summed E-state index contributed by atoms with van der Waals surface area (Å²) in [6, 6.07) is 13.1. The first-order chi connectivity index (χ1) is 16.7. The molecule has 2 aromatic rings. The molecular formula is C26H36ClN3O5S. The monoisotopic (exact) mass is 537 g/mol. The minimum absolute atomic E-state index is 0.0592. The van der Waals surface area contributed by atoms with Crippen LogP contribution in [-0.4, -0.2) is 56.6 Å². The summed E-state index contributed by atoms with van der Waals surface area (Å²) in [6.07, 6.45) is 1.45. The fourth-order valence-corrected chi connectivity index (χ4v) is 4.83. The quantitative estimate of drug-likeness (QED) is 0.463. The van der Waals surface area contributed by atoms with Gasteiger partial charge >= 0.3 is 0 Å². The fraction of sp³-hybridized carbons (Fsp3) is 0.462. The molecule has 10 heteroatoms. The summed E-state index contributed by atoms with van der Waals surface area (Å²) in [4.78, 5) is 27.7. The van der Waals surface area contributed by atoms with Crippen molar-refractivity contribution in [2.24, 2.45) is 0 Å². The molecule has 8 nitrogen and oxygen atoms in total. The summed E-state index contributed by atoms with van der Waals surface area (Å²) in [7, 11) is -2.08. The summed E-state index contributed by atoms with van der Waals surface area (Å²) >= 11 is 6.12. The van der Waals surface area contributed by atoms with E-state index in [0.717, 1.165) is 11.8 Å². The van der Waals surface area contributed by atoms with Crippen LogP contribution in [0.2, 0.25) is 5.02 Å². The van der Waals surface area contributed by atoms with Crippen LogP contribution in [0.4, 0.5) is 5.69 Å². The lowest BCUT2D eigenvalue weighted by Crippen LogP contribution is -2.52. The lowest BCUT2D eigenvalue weighted by atomic mass is 10.1. The number of nitrogens with one attached hydrogen (secondary N) is 1. The number of amides is 2. The van der Waals surface area contributed by atoms with Crippen molar-refractivity contribution in [3.05, 3.63) is 59.1 Å². The third-order valence-electron chi connectivity index (χ3n) is 5.40. The Hall–Kier alpha value is -2.78. The Morgan fingerprint density at radius 3 is 2.36 bits per heavy atom. The smallest absolute Gasteiger partial charge is 0.242 e. The Morgan fingerprint density at radius 1 is 1.11 bits per heavy atom. The first-order valence-corrected chi connectivity index (χ1v) is 13.9. The molecule has 0 unspecified atom stereocenters. The molecule has 0 aliphatic rings. The van der Waals surface area contributed by atoms with Crippen molar-refractivity contribution in [3.63, 3.8) is 0 Å². The van der Waals surface area contributed by atoms with Gasteiger partial charge in [0, 0.05) is 36.1 Å². The first kappa shape index (κ1) is 29.5. The van der Waals surface area contributed by atoms with Crippen LogP contribution in [0.1, 0.15) is 46.1 Å². The van der Waals surface area contributed by atoms with E-state index in [-0.39, 0.29) is 37.7 Å². The van der Waals surface area contributed by atoms with E-state index in [2.05, 4.69) is 5.32 Å². The van der Waals surface area contributed by atoms with E-state index in [0.29, 0.717) is 16.5 Å². The van der Waals surface area contributed by atoms with Crippen LogP contribution in [-0.2, 0) is 26.2 Å². The molecule has 2 amide bonds. The van der Waals surface area contributed by atoms with Gasteiger partial charge in [0.15, 0.2) is 0 Å². The van der Waals surface area contributed by atoms with Gasteiger partial charge in [-0.1, -0.05) is 29.8 Å². The highest BCUT2D eigenvalue weighted by molar-refractivity contribution is 7.92. The van der Waals surface area contributed by atoms with Crippen LogP contribution in [0.25, 0.3) is 0 Å². The minimum Gasteiger partial charge on any atom is -0.497 e. The van der Waals surface area contributed by atoms with Crippen molar-refractivity contribution in [2.45, 2.75) is 58.7 Å². The van der Waals surface area contributed by atoms with Gasteiger partial charge in [-0.05, 0) is 63.9 Å². The van der Waals surface area contributed by atoms with Crippen molar-refractivity contribution in [1.82, 2.24) is 10.2 Å². The molecule has 0 saturated heterocycles. The Kier molecular flexibility index (Phi) is 10.2. The largest absolute Gasteiger partial charge is 0.497 e. The molecule has 0 aliphatic carbocycles. The number of methoxy groups -OCH3 is 1. The van der Waals surface area contributed by atoms with Gasteiger partial charge in [-0.2, -0.15) is 0 Å². The average Bonchev–Trinajstić information content (AvgIpc) is 2.77. The van der Waals surface area contributed by atoms with Crippen LogP contribution in [0.15, 0.2) is 48.5 Å². The summed E-state index contributed by atoms with van der Waals surface area (Å²) in [5.74, 6) is 0.00116. The van der Waals surface area contributed by atoms with Crippen LogP contribution < -0.4 is 14.4 Å². The van der Waals surface area contributed by atoms with Crippen LogP contribution in [0.5, 0.6) is 5.75 Å². The molecular weight excluding hydrogens is 502 g/mol. The SMILES string of the molecule is COc1cccc(N(CCCC(=O)N(Cc2cccc(Cl)c2)[C@H](C)C(=O)NC(C)(C)C)S(C)(=O)=O)c1. The van der Waals surface area contributed by atoms with E-state index >= 15 is 0 Å². The molecule has 2 rings (SSSR count). The van der Waals surface area contributed by atoms with E-state index in [9.17, 15) is 18.0 Å². The number of ether oxygens (including phenoxy) is 1. The Balaban J connectivity index is 2.20. The maximum Gasteiger partial charge on any atom is 0.242 e. The number of benzene rings is 2. The van der Waals surface area contributed by atoms with E-state index in [1.165, 1.54) is 16.3 Å². The third kappa shape index (κ3) is 9.02. The molecule has 0 aromatic heterocycles. The van der Waals surface area contributed by atoms with Gasteiger partial charge < -0.3 is 15.0 Å². The van der Waals surface area contributed by atoms with Crippen molar-refractivity contribution in [1.29, 1.82) is 0 Å². The molecule has 0 fully saturated rings. The summed E-state index contributed by atoms with van der Waals surface area (Å²) in [5.41, 5.74) is 0.793. The van der Waals surface area contributed by atoms with E-state index in [4.69, 9.17) is 16.3 Å². The number of anilines is 1. The van der Waals surface area contributed by atoms with Gasteiger partial charge in [0.1, 0.15) is 11.8 Å². The number of nitrogens with zero attached hydrogens (tertiary/aromatic N) is 2. The molecule has 0 heterocycles. The highest BCUT2D eigenvalue weighted by Crippen LogP contribution is 2.24. The second-order valence-electron chi connectivity index (χ2n) is 9.71. The summed E-state index contributed by atoms with van der Waals surface area (Å²) < 4.78 is 31.4. The molecule has 36 heavy (non-hydrogen) atoms. The van der Waals surface area contributed by atoms with Crippen LogP contribution >= 0.6 is 11.6 Å². The zero-order valence-corrected chi connectivity index (χ0v) is 23.3.